The summed E-state index contributed by atoms with van der Waals surface area (Å²) in [6.45, 7) is 5.18. The van der Waals surface area contributed by atoms with E-state index >= 15 is 0 Å². The van der Waals surface area contributed by atoms with Gasteiger partial charge in [-0.1, -0.05) is 58.8 Å². The molecule has 0 saturated carbocycles. The lowest BCUT2D eigenvalue weighted by Gasteiger charge is -2.04. The van der Waals surface area contributed by atoms with Crippen molar-refractivity contribution in [2.75, 3.05) is 13.2 Å². The number of esters is 1. The molecule has 27 heavy (non-hydrogen) atoms. The van der Waals surface area contributed by atoms with Gasteiger partial charge in [-0.3, -0.25) is 9.59 Å². The van der Waals surface area contributed by atoms with Gasteiger partial charge in [0, 0.05) is 6.54 Å². The Bertz CT molecular complexity index is 642. The predicted octanol–water partition coefficient (Wildman–Crippen LogP) is 4.48. The summed E-state index contributed by atoms with van der Waals surface area (Å²) in [5.74, 6) is -0.868. The van der Waals surface area contributed by atoms with Crippen molar-refractivity contribution in [3.05, 3.63) is 45.6 Å². The molecule has 0 radical (unpaired) electrons. The van der Waals surface area contributed by atoms with Crippen molar-refractivity contribution in [1.29, 1.82) is 0 Å². The van der Waals surface area contributed by atoms with E-state index in [1.807, 2.05) is 0 Å². The third-order valence-corrected chi connectivity index (χ3v) is 4.39. The molecule has 1 aromatic rings. The van der Waals surface area contributed by atoms with Crippen molar-refractivity contribution in [3.8, 4) is 0 Å². The fraction of sp³-hybridized carbons (Fsp3) is 0.591. The molecule has 1 aromatic carbocycles. The van der Waals surface area contributed by atoms with Gasteiger partial charge in [-0.25, -0.2) is 4.79 Å². The molecule has 0 spiro atoms. The van der Waals surface area contributed by atoms with Crippen molar-refractivity contribution in [2.24, 2.45) is 0 Å². The number of rotatable bonds is 13. The van der Waals surface area contributed by atoms with E-state index < -0.39 is 17.3 Å². The summed E-state index contributed by atoms with van der Waals surface area (Å²) in [5, 5.41) is 2.74. The van der Waals surface area contributed by atoms with Crippen molar-refractivity contribution in [1.82, 2.24) is 5.32 Å². The number of amides is 1. The summed E-state index contributed by atoms with van der Waals surface area (Å²) in [6.07, 6.45) is 9.68. The van der Waals surface area contributed by atoms with Gasteiger partial charge in [-0.2, -0.15) is 0 Å². The zero-order valence-electron chi connectivity index (χ0n) is 16.7. The minimum Gasteiger partial charge on any atom is -0.462 e. The molecule has 1 rings (SSSR count). The minimum atomic E-state index is -0.464. The Morgan fingerprint density at radius 2 is 1.48 bits per heavy atom. The Balaban J connectivity index is 2.52. The second-order valence-electron chi connectivity index (χ2n) is 6.77. The number of hydrogen-bond donors (Lipinski definition) is 1. The van der Waals surface area contributed by atoms with E-state index in [0.29, 0.717) is 13.2 Å². The monoisotopic (exact) mass is 375 g/mol. The molecule has 1 N–H and O–H groups in total. The third kappa shape index (κ3) is 9.36. The average molecular weight is 376 g/mol. The Morgan fingerprint density at radius 1 is 0.852 bits per heavy atom. The smallest absolute Gasteiger partial charge is 0.338 e. The normalized spacial score (nSPS) is 10.4. The van der Waals surface area contributed by atoms with Crippen LogP contribution in [0.4, 0.5) is 0 Å². The van der Waals surface area contributed by atoms with Crippen LogP contribution in [-0.4, -0.2) is 25.0 Å². The molecule has 0 aliphatic rings. The molecule has 150 valence electrons. The number of nitrogens with one attached hydrogen (secondary N) is 1. The fourth-order valence-electron chi connectivity index (χ4n) is 2.69. The standard InChI is InChI=1S/C22H33NO4/c1-3-5-7-8-9-11-17-27-22(26)18-12-14-19(20(24)15-13-18)21(25)23-16-10-6-4-2/h12-15H,3-11,16-17H2,1-2H3,(H,23,25). The van der Waals surface area contributed by atoms with Gasteiger partial charge in [-0.05, 0) is 37.1 Å². The first-order chi connectivity index (χ1) is 13.1. The number of unbranched alkanes of at least 4 members (excludes halogenated alkanes) is 7. The second-order valence-corrected chi connectivity index (χ2v) is 6.77. The van der Waals surface area contributed by atoms with Gasteiger partial charge in [0.25, 0.3) is 5.91 Å². The first-order valence-corrected chi connectivity index (χ1v) is 10.2. The molecule has 0 heterocycles. The predicted molar refractivity (Wildman–Crippen MR) is 108 cm³/mol. The molecule has 0 aromatic heterocycles. The lowest BCUT2D eigenvalue weighted by molar-refractivity contribution is 0.0497. The Kier molecular flexibility index (Phi) is 11.8. The largest absolute Gasteiger partial charge is 0.462 e. The molecule has 5 heteroatoms. The van der Waals surface area contributed by atoms with Gasteiger partial charge < -0.3 is 10.1 Å². The van der Waals surface area contributed by atoms with Gasteiger partial charge in [0.1, 0.15) is 0 Å². The summed E-state index contributed by atoms with van der Waals surface area (Å²) >= 11 is 0. The number of ether oxygens (including phenoxy) is 1. The topological polar surface area (TPSA) is 72.5 Å². The molecule has 0 saturated heterocycles. The highest BCUT2D eigenvalue weighted by atomic mass is 16.5. The van der Waals surface area contributed by atoms with Crippen molar-refractivity contribution >= 4 is 11.9 Å². The molecule has 0 atom stereocenters. The Labute approximate surface area is 162 Å². The summed E-state index contributed by atoms with van der Waals surface area (Å²) in [5.41, 5.74) is -0.0810. The number of carbonyl (C=O) groups is 2. The molecular weight excluding hydrogens is 342 g/mol. The SMILES string of the molecule is CCCCCCCCOC(=O)c1ccc(C(=O)NCCCCC)c(=O)cc1. The molecule has 0 aliphatic carbocycles. The molecule has 0 aliphatic heterocycles. The molecular formula is C22H33NO4. The zero-order chi connectivity index (χ0) is 19.9. The maximum atomic E-state index is 12.1. The maximum absolute atomic E-state index is 12.1. The first kappa shape index (κ1) is 22.9. The maximum Gasteiger partial charge on any atom is 0.338 e. The van der Waals surface area contributed by atoms with E-state index in [1.165, 1.54) is 43.5 Å². The molecule has 1 amide bonds. The minimum absolute atomic E-state index is 0.0430. The van der Waals surface area contributed by atoms with Crippen LogP contribution in [0.5, 0.6) is 0 Å². The third-order valence-electron chi connectivity index (χ3n) is 4.39. The van der Waals surface area contributed by atoms with Crippen LogP contribution in [0.1, 0.15) is 92.4 Å². The van der Waals surface area contributed by atoms with E-state index in [0.717, 1.165) is 38.5 Å². The van der Waals surface area contributed by atoms with Crippen LogP contribution in [0.3, 0.4) is 0 Å². The number of hydrogen-bond acceptors (Lipinski definition) is 4. The highest BCUT2D eigenvalue weighted by molar-refractivity contribution is 5.95. The van der Waals surface area contributed by atoms with Crippen LogP contribution in [0.25, 0.3) is 0 Å². The van der Waals surface area contributed by atoms with Gasteiger partial charge >= 0.3 is 5.97 Å². The van der Waals surface area contributed by atoms with Crippen LogP contribution < -0.4 is 10.7 Å². The van der Waals surface area contributed by atoms with Crippen molar-refractivity contribution in [3.63, 3.8) is 0 Å². The highest BCUT2D eigenvalue weighted by Gasteiger charge is 2.11. The summed E-state index contributed by atoms with van der Waals surface area (Å²) in [7, 11) is 0. The van der Waals surface area contributed by atoms with Gasteiger partial charge in [0.15, 0.2) is 5.43 Å². The Morgan fingerprint density at radius 3 is 2.22 bits per heavy atom. The summed E-state index contributed by atoms with van der Waals surface area (Å²) < 4.78 is 5.27. The molecule has 0 bridgehead atoms. The van der Waals surface area contributed by atoms with Crippen molar-refractivity contribution < 1.29 is 14.3 Å². The highest BCUT2D eigenvalue weighted by Crippen LogP contribution is 2.06. The lowest BCUT2D eigenvalue weighted by Crippen LogP contribution is -2.28. The van der Waals surface area contributed by atoms with Crippen molar-refractivity contribution in [2.45, 2.75) is 71.6 Å². The van der Waals surface area contributed by atoms with Crippen LogP contribution in [0.15, 0.2) is 29.1 Å². The van der Waals surface area contributed by atoms with Crippen LogP contribution in [0, 0.1) is 0 Å². The van der Waals surface area contributed by atoms with E-state index in [4.69, 9.17) is 4.74 Å². The van der Waals surface area contributed by atoms with Gasteiger partial charge in [0.05, 0.1) is 17.7 Å². The molecule has 5 nitrogen and oxygen atoms in total. The van der Waals surface area contributed by atoms with E-state index in [-0.39, 0.29) is 11.1 Å². The van der Waals surface area contributed by atoms with E-state index in [9.17, 15) is 14.4 Å². The fourth-order valence-corrected chi connectivity index (χ4v) is 2.69. The zero-order valence-corrected chi connectivity index (χ0v) is 16.7. The summed E-state index contributed by atoms with van der Waals surface area (Å²) in [6, 6.07) is 5.55. The quantitative estimate of drug-likeness (QED) is 0.407. The molecule has 0 fully saturated rings. The van der Waals surface area contributed by atoms with Crippen LogP contribution in [0.2, 0.25) is 0 Å². The van der Waals surface area contributed by atoms with E-state index in [2.05, 4.69) is 19.2 Å². The lowest BCUT2D eigenvalue weighted by atomic mass is 10.1. The Hall–Kier alpha value is -2.17. The van der Waals surface area contributed by atoms with Crippen LogP contribution in [-0.2, 0) is 4.74 Å². The van der Waals surface area contributed by atoms with Gasteiger partial charge in [-0.15, -0.1) is 0 Å². The van der Waals surface area contributed by atoms with Crippen LogP contribution >= 0.6 is 0 Å². The van der Waals surface area contributed by atoms with Gasteiger partial charge in [0.2, 0.25) is 0 Å². The summed E-state index contributed by atoms with van der Waals surface area (Å²) in [4.78, 5) is 36.4. The van der Waals surface area contributed by atoms with E-state index in [1.54, 1.807) is 0 Å². The second kappa shape index (κ2) is 14.0. The average Bonchev–Trinajstić information content (AvgIpc) is 2.86. The molecule has 0 unspecified atom stereocenters. The number of carbonyl (C=O) groups excluding carboxylic acids is 2. The first-order valence-electron chi connectivity index (χ1n) is 10.2.